The summed E-state index contributed by atoms with van der Waals surface area (Å²) in [7, 11) is -1.52. The zero-order valence-corrected chi connectivity index (χ0v) is 22.8. The second kappa shape index (κ2) is 13.4. The van der Waals surface area contributed by atoms with Crippen LogP contribution in [0.1, 0.15) is 46.3 Å². The van der Waals surface area contributed by atoms with Crippen molar-refractivity contribution in [2.75, 3.05) is 11.5 Å². The number of alkyl halides is 6. The van der Waals surface area contributed by atoms with E-state index in [1.54, 1.807) is 6.07 Å². The molecule has 0 saturated heterocycles. The molecule has 2 aromatic carbocycles. The standard InChI is InChI=1S/C24H18Cl3F7N2O2S/c1-12(11-39(38)6-2-5-35)36-22(37)15-4-3-13(7-17(15)24(32,33)34)20(28)10-16(23(29,30)31)14-8-18(25)21(27)19(26)9-14/h3-4,7-10,12,16H,2,6,11H2,1H3,(H,36,37)/b20-10-/t12-,16?,39?/m1/s1. The Morgan fingerprint density at radius 3 is 2.21 bits per heavy atom. The van der Waals surface area contributed by atoms with Crippen molar-refractivity contribution in [3.8, 4) is 6.07 Å². The molecule has 0 bridgehead atoms. The largest absolute Gasteiger partial charge is 0.417 e. The van der Waals surface area contributed by atoms with Crippen molar-refractivity contribution >= 4 is 57.3 Å². The molecular weight excluding hydrogens is 620 g/mol. The number of rotatable bonds is 9. The van der Waals surface area contributed by atoms with Gasteiger partial charge in [0.1, 0.15) is 11.7 Å². The maximum atomic E-state index is 15.0. The Hall–Kier alpha value is -2.33. The van der Waals surface area contributed by atoms with Crippen LogP contribution in [0.25, 0.3) is 5.83 Å². The SMILES string of the molecule is C[C@H](CS(=O)CCC#N)NC(=O)c1ccc(/C(F)=C/C(c2cc(Cl)c(Cl)c(Cl)c2)C(F)(F)F)cc1C(F)(F)F. The number of benzene rings is 2. The van der Waals surface area contributed by atoms with Gasteiger partial charge in [0.05, 0.1) is 32.3 Å². The molecule has 0 aliphatic rings. The summed E-state index contributed by atoms with van der Waals surface area (Å²) in [6, 6.07) is 4.12. The van der Waals surface area contributed by atoms with Crippen LogP contribution in [0, 0.1) is 11.3 Å². The Labute approximate surface area is 236 Å². The average molecular weight is 638 g/mol. The molecule has 0 aliphatic carbocycles. The monoisotopic (exact) mass is 636 g/mol. The summed E-state index contributed by atoms with van der Waals surface area (Å²) < 4.78 is 109. The molecule has 0 aromatic heterocycles. The third-order valence-corrected chi connectivity index (χ3v) is 7.86. The molecule has 0 fully saturated rings. The summed E-state index contributed by atoms with van der Waals surface area (Å²) in [6.07, 6.45) is -10.2. The Morgan fingerprint density at radius 2 is 1.69 bits per heavy atom. The summed E-state index contributed by atoms with van der Waals surface area (Å²) in [5.41, 5.74) is -3.99. The highest BCUT2D eigenvalue weighted by atomic mass is 35.5. The second-order valence-corrected chi connectivity index (χ2v) is 11.0. The predicted molar refractivity (Wildman–Crippen MR) is 136 cm³/mol. The number of allylic oxidation sites excluding steroid dienone is 1. The number of nitriles is 1. The first-order chi connectivity index (χ1) is 17.9. The highest BCUT2D eigenvalue weighted by molar-refractivity contribution is 7.85. The molecule has 0 saturated carbocycles. The minimum absolute atomic E-state index is 0.0121. The van der Waals surface area contributed by atoms with Gasteiger partial charge in [0.15, 0.2) is 0 Å². The van der Waals surface area contributed by atoms with Crippen LogP contribution in [0.4, 0.5) is 30.7 Å². The highest BCUT2D eigenvalue weighted by Gasteiger charge is 2.41. The molecule has 15 heteroatoms. The molecule has 2 unspecified atom stereocenters. The van der Waals surface area contributed by atoms with Crippen molar-refractivity contribution in [2.45, 2.75) is 37.7 Å². The van der Waals surface area contributed by atoms with E-state index < -0.39 is 69.1 Å². The van der Waals surface area contributed by atoms with Gasteiger partial charge in [-0.05, 0) is 42.8 Å². The smallest absolute Gasteiger partial charge is 0.349 e. The number of amides is 1. The fourth-order valence-corrected chi connectivity index (χ4v) is 5.11. The number of hydrogen-bond acceptors (Lipinski definition) is 3. The summed E-state index contributed by atoms with van der Waals surface area (Å²) in [4.78, 5) is 12.5. The normalized spacial score (nSPS) is 14.9. The lowest BCUT2D eigenvalue weighted by molar-refractivity contribution is -0.140. The van der Waals surface area contributed by atoms with Gasteiger partial charge < -0.3 is 5.32 Å². The van der Waals surface area contributed by atoms with Gasteiger partial charge in [-0.15, -0.1) is 0 Å². The van der Waals surface area contributed by atoms with Crippen molar-refractivity contribution in [3.63, 3.8) is 0 Å². The number of nitrogens with one attached hydrogen (secondary N) is 1. The van der Waals surface area contributed by atoms with Gasteiger partial charge in [-0.25, -0.2) is 4.39 Å². The lowest BCUT2D eigenvalue weighted by Gasteiger charge is -2.19. The molecule has 212 valence electrons. The predicted octanol–water partition coefficient (Wildman–Crippen LogP) is 8.10. The number of nitrogens with zero attached hydrogens (tertiary/aromatic N) is 1. The molecule has 0 heterocycles. The highest BCUT2D eigenvalue weighted by Crippen LogP contribution is 2.42. The molecular formula is C24H18Cl3F7N2O2S. The van der Waals surface area contributed by atoms with Gasteiger partial charge in [0, 0.05) is 40.3 Å². The van der Waals surface area contributed by atoms with Crippen LogP contribution in [-0.2, 0) is 17.0 Å². The van der Waals surface area contributed by atoms with E-state index in [0.29, 0.717) is 6.07 Å². The average Bonchev–Trinajstić information content (AvgIpc) is 2.82. The number of hydrogen-bond donors (Lipinski definition) is 1. The van der Waals surface area contributed by atoms with Crippen LogP contribution in [0.3, 0.4) is 0 Å². The first-order valence-electron chi connectivity index (χ1n) is 10.8. The third kappa shape index (κ3) is 9.10. The maximum Gasteiger partial charge on any atom is 0.417 e. The van der Waals surface area contributed by atoms with Gasteiger partial charge in [-0.1, -0.05) is 40.9 Å². The van der Waals surface area contributed by atoms with E-state index in [-0.39, 0.29) is 45.1 Å². The molecule has 39 heavy (non-hydrogen) atoms. The minimum Gasteiger partial charge on any atom is -0.349 e. The van der Waals surface area contributed by atoms with Crippen LogP contribution in [0.2, 0.25) is 15.1 Å². The molecule has 0 radical (unpaired) electrons. The van der Waals surface area contributed by atoms with Crippen molar-refractivity contribution in [1.29, 1.82) is 5.26 Å². The van der Waals surface area contributed by atoms with Gasteiger partial charge in [-0.2, -0.15) is 31.6 Å². The van der Waals surface area contributed by atoms with Crippen molar-refractivity contribution in [1.82, 2.24) is 5.32 Å². The Morgan fingerprint density at radius 1 is 1.10 bits per heavy atom. The molecule has 0 aliphatic heterocycles. The second-order valence-electron chi connectivity index (χ2n) is 8.18. The van der Waals surface area contributed by atoms with E-state index >= 15 is 0 Å². The number of carbonyl (C=O) groups is 1. The molecule has 3 atom stereocenters. The van der Waals surface area contributed by atoms with E-state index in [9.17, 15) is 39.7 Å². The molecule has 2 aromatic rings. The summed E-state index contributed by atoms with van der Waals surface area (Å²) in [6.45, 7) is 1.39. The lowest BCUT2D eigenvalue weighted by Crippen LogP contribution is -2.37. The van der Waals surface area contributed by atoms with E-state index in [1.807, 2.05) is 0 Å². The van der Waals surface area contributed by atoms with Crippen LogP contribution in [0.15, 0.2) is 36.4 Å². The van der Waals surface area contributed by atoms with Gasteiger partial charge >= 0.3 is 12.4 Å². The van der Waals surface area contributed by atoms with Crippen LogP contribution < -0.4 is 5.32 Å². The molecule has 0 spiro atoms. The molecule has 1 N–H and O–H groups in total. The fourth-order valence-electron chi connectivity index (χ4n) is 3.37. The van der Waals surface area contributed by atoms with E-state index in [4.69, 9.17) is 40.1 Å². The van der Waals surface area contributed by atoms with E-state index in [2.05, 4.69) is 5.32 Å². The molecule has 1 amide bonds. The fraction of sp³-hybridized carbons (Fsp3) is 0.333. The van der Waals surface area contributed by atoms with E-state index in [0.717, 1.165) is 18.2 Å². The Bertz CT molecular complexity index is 1300. The summed E-state index contributed by atoms with van der Waals surface area (Å²) in [5, 5.41) is 9.84. The van der Waals surface area contributed by atoms with Gasteiger partial charge in [0.2, 0.25) is 0 Å². The van der Waals surface area contributed by atoms with E-state index in [1.165, 1.54) is 6.92 Å². The topological polar surface area (TPSA) is 70.0 Å². The number of carbonyl (C=O) groups excluding carboxylic acids is 1. The number of halogens is 10. The lowest BCUT2D eigenvalue weighted by atomic mass is 9.95. The van der Waals surface area contributed by atoms with Crippen molar-refractivity contribution in [3.05, 3.63) is 73.7 Å². The zero-order valence-electron chi connectivity index (χ0n) is 19.7. The van der Waals surface area contributed by atoms with Crippen molar-refractivity contribution in [2.24, 2.45) is 0 Å². The summed E-state index contributed by atoms with van der Waals surface area (Å²) in [5.74, 6) is -5.65. The quantitative estimate of drug-likeness (QED) is 0.223. The maximum absolute atomic E-state index is 15.0. The van der Waals surface area contributed by atoms with Crippen molar-refractivity contribution < 1.29 is 39.7 Å². The molecule has 2 rings (SSSR count). The van der Waals surface area contributed by atoms with Gasteiger partial charge in [-0.3, -0.25) is 9.00 Å². The van der Waals surface area contributed by atoms with Gasteiger partial charge in [0.25, 0.3) is 5.91 Å². The first kappa shape index (κ1) is 32.9. The third-order valence-electron chi connectivity index (χ3n) is 5.13. The van der Waals surface area contributed by atoms with Crippen LogP contribution >= 0.6 is 34.8 Å². The Balaban J connectivity index is 2.45. The minimum atomic E-state index is -5.18. The summed E-state index contributed by atoms with van der Waals surface area (Å²) >= 11 is 17.3. The van der Waals surface area contributed by atoms with Crippen LogP contribution in [-0.4, -0.2) is 33.8 Å². The zero-order chi connectivity index (χ0) is 29.7. The molecule has 4 nitrogen and oxygen atoms in total. The van der Waals surface area contributed by atoms with Crippen LogP contribution in [0.5, 0.6) is 0 Å². The first-order valence-corrected chi connectivity index (χ1v) is 13.4. The Kier molecular flexibility index (Phi) is 11.3.